The van der Waals surface area contributed by atoms with Gasteiger partial charge in [-0.05, 0) is 60.0 Å². The van der Waals surface area contributed by atoms with Crippen molar-refractivity contribution in [3.05, 3.63) is 78.6 Å². The second kappa shape index (κ2) is 8.32. The number of nitrogens with one attached hydrogen (secondary N) is 3. The van der Waals surface area contributed by atoms with E-state index in [9.17, 15) is 8.78 Å². The molecular formula is C21H17F2N5S. The molecule has 4 rings (SSSR count). The van der Waals surface area contributed by atoms with Crippen LogP contribution < -0.4 is 10.0 Å². The standard InChI is InChI=1S/C21H17F2N5S/c1-24-20-10-13(7-8-25-20)17-12-26-27-21(17)14-3-2-4-16(9-14)28-29-19-11-15(22)5-6-18(19)23/h2-12,28H,1H3,(H,24,25)(H,26,27). The van der Waals surface area contributed by atoms with Crippen LogP contribution in [0.3, 0.4) is 0 Å². The summed E-state index contributed by atoms with van der Waals surface area (Å²) in [7, 11) is 1.82. The number of aromatic nitrogens is 3. The normalized spacial score (nSPS) is 10.7. The van der Waals surface area contributed by atoms with E-state index >= 15 is 0 Å². The van der Waals surface area contributed by atoms with E-state index in [4.69, 9.17) is 0 Å². The predicted molar refractivity (Wildman–Crippen MR) is 113 cm³/mol. The van der Waals surface area contributed by atoms with Crippen molar-refractivity contribution in [3.8, 4) is 22.4 Å². The number of hydrogen-bond donors (Lipinski definition) is 3. The van der Waals surface area contributed by atoms with Gasteiger partial charge in [-0.2, -0.15) is 5.10 Å². The van der Waals surface area contributed by atoms with Crippen molar-refractivity contribution in [2.45, 2.75) is 4.90 Å². The van der Waals surface area contributed by atoms with Gasteiger partial charge in [0, 0.05) is 30.1 Å². The molecule has 3 N–H and O–H groups in total. The first kappa shape index (κ1) is 18.9. The average molecular weight is 409 g/mol. The molecule has 0 bridgehead atoms. The Balaban J connectivity index is 1.60. The van der Waals surface area contributed by atoms with E-state index < -0.39 is 11.6 Å². The van der Waals surface area contributed by atoms with Crippen LogP contribution in [0.4, 0.5) is 20.3 Å². The minimum Gasteiger partial charge on any atom is -0.373 e. The molecule has 2 aromatic carbocycles. The zero-order valence-corrected chi connectivity index (χ0v) is 16.2. The Morgan fingerprint density at radius 1 is 1.00 bits per heavy atom. The summed E-state index contributed by atoms with van der Waals surface area (Å²) in [5.74, 6) is -0.197. The van der Waals surface area contributed by atoms with E-state index in [1.54, 1.807) is 12.4 Å². The summed E-state index contributed by atoms with van der Waals surface area (Å²) >= 11 is 1.02. The van der Waals surface area contributed by atoms with Crippen LogP contribution in [0.25, 0.3) is 22.4 Å². The molecule has 0 aliphatic rings. The van der Waals surface area contributed by atoms with Crippen molar-refractivity contribution in [1.29, 1.82) is 0 Å². The van der Waals surface area contributed by atoms with Crippen molar-refractivity contribution >= 4 is 23.5 Å². The zero-order chi connectivity index (χ0) is 20.2. The Morgan fingerprint density at radius 3 is 2.76 bits per heavy atom. The molecule has 146 valence electrons. The van der Waals surface area contributed by atoms with Crippen molar-refractivity contribution in [2.24, 2.45) is 0 Å². The lowest BCUT2D eigenvalue weighted by atomic mass is 10.0. The maximum Gasteiger partial charge on any atom is 0.138 e. The van der Waals surface area contributed by atoms with E-state index in [-0.39, 0.29) is 4.90 Å². The zero-order valence-electron chi connectivity index (χ0n) is 15.4. The van der Waals surface area contributed by atoms with Crippen molar-refractivity contribution in [2.75, 3.05) is 17.1 Å². The smallest absolute Gasteiger partial charge is 0.138 e. The van der Waals surface area contributed by atoms with Gasteiger partial charge in [-0.15, -0.1) is 0 Å². The average Bonchev–Trinajstić information content (AvgIpc) is 3.25. The first-order chi connectivity index (χ1) is 14.1. The highest BCUT2D eigenvalue weighted by atomic mass is 32.2. The third kappa shape index (κ3) is 4.22. The van der Waals surface area contributed by atoms with Gasteiger partial charge in [0.25, 0.3) is 0 Å². The number of anilines is 2. The van der Waals surface area contributed by atoms with Crippen LogP contribution >= 0.6 is 11.9 Å². The number of nitrogens with zero attached hydrogens (tertiary/aromatic N) is 2. The van der Waals surface area contributed by atoms with Gasteiger partial charge in [0.15, 0.2) is 0 Å². The molecule has 0 radical (unpaired) electrons. The molecule has 0 unspecified atom stereocenters. The summed E-state index contributed by atoms with van der Waals surface area (Å²) < 4.78 is 30.2. The molecule has 0 spiro atoms. The van der Waals surface area contributed by atoms with Gasteiger partial charge in [0.05, 0.1) is 16.8 Å². The summed E-state index contributed by atoms with van der Waals surface area (Å²) in [6.07, 6.45) is 3.50. The minimum atomic E-state index is -0.482. The number of benzene rings is 2. The van der Waals surface area contributed by atoms with E-state index in [0.29, 0.717) is 0 Å². The molecule has 0 saturated carbocycles. The molecule has 0 aliphatic carbocycles. The topological polar surface area (TPSA) is 65.6 Å². The Labute approximate surface area is 170 Å². The maximum absolute atomic E-state index is 13.8. The van der Waals surface area contributed by atoms with Crippen LogP contribution in [-0.4, -0.2) is 22.2 Å². The van der Waals surface area contributed by atoms with Crippen molar-refractivity contribution < 1.29 is 8.78 Å². The summed E-state index contributed by atoms with van der Waals surface area (Å²) in [6.45, 7) is 0. The second-order valence-corrected chi connectivity index (χ2v) is 7.05. The van der Waals surface area contributed by atoms with Crippen molar-refractivity contribution in [1.82, 2.24) is 15.2 Å². The Kier molecular flexibility index (Phi) is 5.44. The highest BCUT2D eigenvalue weighted by molar-refractivity contribution is 8.00. The highest BCUT2D eigenvalue weighted by Crippen LogP contribution is 2.33. The molecule has 29 heavy (non-hydrogen) atoms. The van der Waals surface area contributed by atoms with Crippen LogP contribution in [0.5, 0.6) is 0 Å². The Hall–Kier alpha value is -3.39. The van der Waals surface area contributed by atoms with Crippen molar-refractivity contribution in [3.63, 3.8) is 0 Å². The van der Waals surface area contributed by atoms with Gasteiger partial charge in [0.2, 0.25) is 0 Å². The molecule has 5 nitrogen and oxygen atoms in total. The molecule has 0 saturated heterocycles. The molecule has 0 aliphatic heterocycles. The molecule has 0 atom stereocenters. The molecule has 0 amide bonds. The lowest BCUT2D eigenvalue weighted by Gasteiger charge is -2.09. The van der Waals surface area contributed by atoms with Gasteiger partial charge < -0.3 is 10.0 Å². The molecule has 0 fully saturated rings. The van der Waals surface area contributed by atoms with Gasteiger partial charge in [0.1, 0.15) is 17.5 Å². The molecule has 2 heterocycles. The van der Waals surface area contributed by atoms with E-state index in [1.807, 2.05) is 43.4 Å². The predicted octanol–water partition coefficient (Wildman–Crippen LogP) is 5.58. The van der Waals surface area contributed by atoms with E-state index in [0.717, 1.165) is 64.0 Å². The quantitative estimate of drug-likeness (QED) is 0.363. The summed E-state index contributed by atoms with van der Waals surface area (Å²) in [4.78, 5) is 4.43. The van der Waals surface area contributed by atoms with Gasteiger partial charge >= 0.3 is 0 Å². The lowest BCUT2D eigenvalue weighted by Crippen LogP contribution is -1.93. The molecule has 2 aromatic heterocycles. The van der Waals surface area contributed by atoms with Crippen LogP contribution in [0.1, 0.15) is 0 Å². The SMILES string of the molecule is CNc1cc(-c2cn[nH]c2-c2cccc(NSc3cc(F)ccc3F)c2)ccn1. The number of pyridine rings is 1. The molecule has 4 aromatic rings. The number of halogens is 2. The highest BCUT2D eigenvalue weighted by Gasteiger charge is 2.12. The van der Waals surface area contributed by atoms with Gasteiger partial charge in [-0.3, -0.25) is 5.10 Å². The first-order valence-electron chi connectivity index (χ1n) is 8.80. The third-order valence-electron chi connectivity index (χ3n) is 4.29. The summed E-state index contributed by atoms with van der Waals surface area (Å²) in [6, 6.07) is 14.8. The number of hydrogen-bond acceptors (Lipinski definition) is 5. The van der Waals surface area contributed by atoms with Crippen LogP contribution in [-0.2, 0) is 0 Å². The number of rotatable bonds is 6. The van der Waals surface area contributed by atoms with E-state index in [2.05, 4.69) is 25.2 Å². The van der Waals surface area contributed by atoms with Gasteiger partial charge in [-0.25, -0.2) is 13.8 Å². The fourth-order valence-corrected chi connectivity index (χ4v) is 3.56. The fraction of sp³-hybridized carbons (Fsp3) is 0.0476. The van der Waals surface area contributed by atoms with E-state index in [1.165, 1.54) is 0 Å². The van der Waals surface area contributed by atoms with Crippen LogP contribution in [0.15, 0.2) is 71.9 Å². The Bertz CT molecular complexity index is 1150. The Morgan fingerprint density at radius 2 is 1.90 bits per heavy atom. The van der Waals surface area contributed by atoms with Gasteiger partial charge in [-0.1, -0.05) is 12.1 Å². The minimum absolute atomic E-state index is 0.189. The fourth-order valence-electron chi connectivity index (χ4n) is 2.87. The van der Waals surface area contributed by atoms with Crippen LogP contribution in [0, 0.1) is 11.6 Å². The monoisotopic (exact) mass is 409 g/mol. The molecular weight excluding hydrogens is 392 g/mol. The molecule has 8 heteroatoms. The maximum atomic E-state index is 13.8. The summed E-state index contributed by atoms with van der Waals surface area (Å²) in [5, 5.41) is 10.3. The third-order valence-corrected chi connectivity index (χ3v) is 5.16. The largest absolute Gasteiger partial charge is 0.373 e. The summed E-state index contributed by atoms with van der Waals surface area (Å²) in [5.41, 5.74) is 4.42. The van der Waals surface area contributed by atoms with Crippen LogP contribution in [0.2, 0.25) is 0 Å². The number of aromatic amines is 1. The number of H-pyrrole nitrogens is 1. The second-order valence-electron chi connectivity index (χ2n) is 6.20. The first-order valence-corrected chi connectivity index (χ1v) is 9.61. The lowest BCUT2D eigenvalue weighted by molar-refractivity contribution is 0.577.